The summed E-state index contributed by atoms with van der Waals surface area (Å²) in [5.74, 6) is 0.765. The maximum absolute atomic E-state index is 6.17. The van der Waals surface area contributed by atoms with E-state index in [1.165, 1.54) is 0 Å². The first kappa shape index (κ1) is 12.2. The molecular formula is C10H12BrClOS. The van der Waals surface area contributed by atoms with Gasteiger partial charge in [-0.2, -0.15) is 0 Å². The van der Waals surface area contributed by atoms with Crippen molar-refractivity contribution in [1.29, 1.82) is 0 Å². The van der Waals surface area contributed by atoms with E-state index in [9.17, 15) is 0 Å². The molecule has 0 spiro atoms. The molecule has 1 nitrogen and oxygen atoms in total. The smallest absolute Gasteiger partial charge is 0.139 e. The van der Waals surface area contributed by atoms with Crippen LogP contribution in [0.25, 0.3) is 0 Å². The highest BCUT2D eigenvalue weighted by Crippen LogP contribution is 2.39. The van der Waals surface area contributed by atoms with Gasteiger partial charge >= 0.3 is 0 Å². The van der Waals surface area contributed by atoms with E-state index in [0.29, 0.717) is 11.6 Å². The largest absolute Gasteiger partial charge is 0.492 e. The highest BCUT2D eigenvalue weighted by Gasteiger charge is 2.09. The summed E-state index contributed by atoms with van der Waals surface area (Å²) < 4.78 is 6.53. The quantitative estimate of drug-likeness (QED) is 0.750. The zero-order chi connectivity index (χ0) is 10.6. The molecule has 0 atom stereocenters. The summed E-state index contributed by atoms with van der Waals surface area (Å²) in [7, 11) is 0. The van der Waals surface area contributed by atoms with Gasteiger partial charge in [0, 0.05) is 9.37 Å². The standard InChI is InChI=1S/C10H12BrClOS/c1-3-6-13-8-5-4-7(11)10(14-2)9(8)12/h4-5H,3,6H2,1-2H3. The van der Waals surface area contributed by atoms with Crippen molar-refractivity contribution >= 4 is 39.3 Å². The maximum Gasteiger partial charge on any atom is 0.139 e. The minimum atomic E-state index is 0.695. The van der Waals surface area contributed by atoms with E-state index in [1.54, 1.807) is 11.8 Å². The number of benzene rings is 1. The van der Waals surface area contributed by atoms with Crippen LogP contribution in [0.15, 0.2) is 21.5 Å². The van der Waals surface area contributed by atoms with Crippen molar-refractivity contribution in [3.63, 3.8) is 0 Å². The lowest BCUT2D eigenvalue weighted by atomic mass is 10.3. The van der Waals surface area contributed by atoms with Crippen LogP contribution in [0.5, 0.6) is 5.75 Å². The molecule has 1 aromatic carbocycles. The Morgan fingerprint density at radius 2 is 2.21 bits per heavy atom. The Hall–Kier alpha value is 0.140. The van der Waals surface area contributed by atoms with E-state index in [1.807, 2.05) is 18.4 Å². The molecule has 4 heteroatoms. The molecule has 0 aromatic heterocycles. The molecule has 0 aliphatic carbocycles. The number of ether oxygens (including phenoxy) is 1. The average Bonchev–Trinajstić information content (AvgIpc) is 2.18. The van der Waals surface area contributed by atoms with Crippen LogP contribution in [0.1, 0.15) is 13.3 Å². The Labute approximate surface area is 102 Å². The molecule has 0 saturated carbocycles. The summed E-state index contributed by atoms with van der Waals surface area (Å²) in [6.07, 6.45) is 2.98. The normalized spacial score (nSPS) is 10.3. The molecule has 1 rings (SSSR count). The number of hydrogen-bond donors (Lipinski definition) is 0. The number of thioether (sulfide) groups is 1. The fraction of sp³-hybridized carbons (Fsp3) is 0.400. The van der Waals surface area contributed by atoms with Crippen LogP contribution < -0.4 is 4.74 Å². The van der Waals surface area contributed by atoms with Gasteiger partial charge in [0.25, 0.3) is 0 Å². The van der Waals surface area contributed by atoms with E-state index >= 15 is 0 Å². The molecule has 0 unspecified atom stereocenters. The van der Waals surface area contributed by atoms with Crippen LogP contribution in [0, 0.1) is 0 Å². The molecule has 0 aliphatic rings. The Balaban J connectivity index is 2.96. The van der Waals surface area contributed by atoms with Crippen molar-refractivity contribution in [2.45, 2.75) is 18.2 Å². The molecular weight excluding hydrogens is 284 g/mol. The molecule has 0 radical (unpaired) electrons. The number of rotatable bonds is 4. The molecule has 0 fully saturated rings. The first-order chi connectivity index (χ1) is 6.70. The monoisotopic (exact) mass is 294 g/mol. The fourth-order valence-electron chi connectivity index (χ4n) is 1.03. The third kappa shape index (κ3) is 2.81. The summed E-state index contributed by atoms with van der Waals surface area (Å²) in [5.41, 5.74) is 0. The molecule has 0 amide bonds. The highest BCUT2D eigenvalue weighted by molar-refractivity contribution is 9.10. The van der Waals surface area contributed by atoms with Gasteiger partial charge in [-0.3, -0.25) is 0 Å². The van der Waals surface area contributed by atoms with Crippen LogP contribution >= 0.6 is 39.3 Å². The Morgan fingerprint density at radius 1 is 1.50 bits per heavy atom. The summed E-state index contributed by atoms with van der Waals surface area (Å²) in [5, 5.41) is 0.695. The van der Waals surface area contributed by atoms with Crippen molar-refractivity contribution in [3.8, 4) is 5.75 Å². The van der Waals surface area contributed by atoms with Crippen LogP contribution in [-0.4, -0.2) is 12.9 Å². The zero-order valence-electron chi connectivity index (χ0n) is 8.14. The van der Waals surface area contributed by atoms with E-state index in [4.69, 9.17) is 16.3 Å². The molecule has 0 saturated heterocycles. The van der Waals surface area contributed by atoms with Crippen molar-refractivity contribution < 1.29 is 4.74 Å². The third-order valence-corrected chi connectivity index (χ3v) is 3.92. The van der Waals surface area contributed by atoms with Gasteiger partial charge in [0.15, 0.2) is 0 Å². The first-order valence-corrected chi connectivity index (χ1v) is 6.75. The molecule has 14 heavy (non-hydrogen) atoms. The van der Waals surface area contributed by atoms with E-state index in [2.05, 4.69) is 22.9 Å². The van der Waals surface area contributed by atoms with Gasteiger partial charge in [-0.05, 0) is 40.7 Å². The molecule has 1 aromatic rings. The van der Waals surface area contributed by atoms with Crippen LogP contribution in [0.4, 0.5) is 0 Å². The van der Waals surface area contributed by atoms with Crippen LogP contribution in [0.2, 0.25) is 5.02 Å². The summed E-state index contributed by atoms with van der Waals surface area (Å²) in [6, 6.07) is 3.85. The van der Waals surface area contributed by atoms with Gasteiger partial charge in [-0.1, -0.05) is 18.5 Å². The highest BCUT2D eigenvalue weighted by atomic mass is 79.9. The number of halogens is 2. The molecule has 78 valence electrons. The fourth-order valence-corrected chi connectivity index (χ4v) is 2.95. The Kier molecular flexibility index (Phi) is 5.13. The Bertz CT molecular complexity index is 317. The van der Waals surface area contributed by atoms with Crippen molar-refractivity contribution in [1.82, 2.24) is 0 Å². The van der Waals surface area contributed by atoms with Gasteiger partial charge in [0.1, 0.15) is 5.75 Å². The zero-order valence-corrected chi connectivity index (χ0v) is 11.3. The lowest BCUT2D eigenvalue weighted by Crippen LogP contribution is -1.96. The van der Waals surface area contributed by atoms with Gasteiger partial charge in [0.2, 0.25) is 0 Å². The van der Waals surface area contributed by atoms with Gasteiger partial charge in [-0.15, -0.1) is 11.8 Å². The summed E-state index contributed by atoms with van der Waals surface area (Å²) in [6.45, 7) is 2.78. The molecule has 0 heterocycles. The molecule has 0 bridgehead atoms. The van der Waals surface area contributed by atoms with Gasteiger partial charge < -0.3 is 4.74 Å². The average molecular weight is 296 g/mol. The van der Waals surface area contributed by atoms with Gasteiger partial charge in [0.05, 0.1) is 11.6 Å². The summed E-state index contributed by atoms with van der Waals surface area (Å²) >= 11 is 11.2. The molecule has 0 aliphatic heterocycles. The second-order valence-electron chi connectivity index (χ2n) is 2.74. The minimum absolute atomic E-state index is 0.695. The number of hydrogen-bond acceptors (Lipinski definition) is 2. The van der Waals surface area contributed by atoms with E-state index in [-0.39, 0.29) is 0 Å². The lowest BCUT2D eigenvalue weighted by molar-refractivity contribution is 0.317. The minimum Gasteiger partial charge on any atom is -0.492 e. The second kappa shape index (κ2) is 5.89. The maximum atomic E-state index is 6.17. The predicted molar refractivity (Wildman–Crippen MR) is 66.7 cm³/mol. The first-order valence-electron chi connectivity index (χ1n) is 4.35. The Morgan fingerprint density at radius 3 is 2.79 bits per heavy atom. The van der Waals surface area contributed by atoms with E-state index in [0.717, 1.165) is 21.5 Å². The van der Waals surface area contributed by atoms with Crippen LogP contribution in [0.3, 0.4) is 0 Å². The second-order valence-corrected chi connectivity index (χ2v) is 4.79. The summed E-state index contributed by atoms with van der Waals surface area (Å²) in [4.78, 5) is 1.03. The van der Waals surface area contributed by atoms with Crippen molar-refractivity contribution in [2.75, 3.05) is 12.9 Å². The third-order valence-electron chi connectivity index (χ3n) is 1.68. The van der Waals surface area contributed by atoms with Gasteiger partial charge in [-0.25, -0.2) is 0 Å². The lowest BCUT2D eigenvalue weighted by Gasteiger charge is -2.10. The SMILES string of the molecule is CCCOc1ccc(Br)c(SC)c1Cl. The predicted octanol–water partition coefficient (Wildman–Crippen LogP) is 4.61. The van der Waals surface area contributed by atoms with Crippen molar-refractivity contribution in [3.05, 3.63) is 21.6 Å². The van der Waals surface area contributed by atoms with Crippen LogP contribution in [-0.2, 0) is 0 Å². The van der Waals surface area contributed by atoms with E-state index < -0.39 is 0 Å². The topological polar surface area (TPSA) is 9.23 Å². The van der Waals surface area contributed by atoms with Crippen molar-refractivity contribution in [2.24, 2.45) is 0 Å². The molecule has 0 N–H and O–H groups in total.